The zero-order valence-electron chi connectivity index (χ0n) is 15.2. The Morgan fingerprint density at radius 3 is 2.61 bits per heavy atom. The smallest absolute Gasteiger partial charge is 0.325 e. The second-order valence-corrected chi connectivity index (χ2v) is 8.04. The summed E-state index contributed by atoms with van der Waals surface area (Å²) in [6.07, 6.45) is 0.624. The van der Waals surface area contributed by atoms with Gasteiger partial charge in [0.2, 0.25) is 5.91 Å². The van der Waals surface area contributed by atoms with Crippen molar-refractivity contribution >= 4 is 45.4 Å². The molecule has 1 fully saturated rings. The summed E-state index contributed by atoms with van der Waals surface area (Å²) in [5.74, 6) is -0.848. The van der Waals surface area contributed by atoms with E-state index in [0.29, 0.717) is 23.6 Å². The average Bonchev–Trinajstić information content (AvgIpc) is 2.87. The van der Waals surface area contributed by atoms with E-state index in [4.69, 9.17) is 11.6 Å². The van der Waals surface area contributed by atoms with Crippen molar-refractivity contribution in [2.45, 2.75) is 18.9 Å². The topological polar surface area (TPSA) is 78.5 Å². The van der Waals surface area contributed by atoms with Crippen molar-refractivity contribution in [1.82, 2.24) is 15.5 Å². The number of nitrogens with one attached hydrogen (secondary N) is 2. The van der Waals surface area contributed by atoms with Gasteiger partial charge in [-0.25, -0.2) is 4.79 Å². The van der Waals surface area contributed by atoms with E-state index in [1.807, 2.05) is 18.2 Å². The number of urea groups is 1. The molecule has 8 heteroatoms. The molecule has 0 aliphatic carbocycles. The van der Waals surface area contributed by atoms with Crippen LogP contribution in [0.2, 0.25) is 5.02 Å². The summed E-state index contributed by atoms with van der Waals surface area (Å²) in [4.78, 5) is 38.3. The highest BCUT2D eigenvalue weighted by molar-refractivity contribution is 9.10. The molecule has 4 amide bonds. The fourth-order valence-electron chi connectivity index (χ4n) is 3.03. The van der Waals surface area contributed by atoms with E-state index >= 15 is 0 Å². The lowest BCUT2D eigenvalue weighted by atomic mass is 9.92. The van der Waals surface area contributed by atoms with Crippen LogP contribution in [0.5, 0.6) is 0 Å². The molecule has 2 aromatic rings. The molecule has 0 spiro atoms. The van der Waals surface area contributed by atoms with Crippen molar-refractivity contribution in [3.63, 3.8) is 0 Å². The van der Waals surface area contributed by atoms with Crippen LogP contribution < -0.4 is 10.6 Å². The predicted molar refractivity (Wildman–Crippen MR) is 110 cm³/mol. The quantitative estimate of drug-likeness (QED) is 0.644. The Morgan fingerprint density at radius 1 is 1.21 bits per heavy atom. The van der Waals surface area contributed by atoms with Gasteiger partial charge in [-0.05, 0) is 48.7 Å². The second kappa shape index (κ2) is 8.32. The van der Waals surface area contributed by atoms with Crippen molar-refractivity contribution in [2.75, 3.05) is 13.1 Å². The number of benzene rings is 2. The Labute approximate surface area is 176 Å². The summed E-state index contributed by atoms with van der Waals surface area (Å²) >= 11 is 9.21. The molecule has 1 saturated heterocycles. The van der Waals surface area contributed by atoms with Gasteiger partial charge in [0.25, 0.3) is 5.91 Å². The van der Waals surface area contributed by atoms with Crippen LogP contribution in [-0.4, -0.2) is 35.8 Å². The molecular formula is C20H19BrClN3O3. The monoisotopic (exact) mass is 463 g/mol. The van der Waals surface area contributed by atoms with Crippen LogP contribution in [0.4, 0.5) is 4.79 Å². The molecule has 1 aliphatic heterocycles. The molecule has 0 radical (unpaired) electrons. The van der Waals surface area contributed by atoms with Crippen molar-refractivity contribution in [2.24, 2.45) is 0 Å². The molecular weight excluding hydrogens is 446 g/mol. The van der Waals surface area contributed by atoms with Gasteiger partial charge in [0.15, 0.2) is 0 Å². The molecule has 2 N–H and O–H groups in total. The molecule has 6 nitrogen and oxygen atoms in total. The van der Waals surface area contributed by atoms with Crippen LogP contribution in [-0.2, 0) is 21.5 Å². The van der Waals surface area contributed by atoms with Crippen molar-refractivity contribution in [3.8, 4) is 0 Å². The number of rotatable bonds is 6. The van der Waals surface area contributed by atoms with Gasteiger partial charge in [-0.2, -0.15) is 0 Å². The maximum absolute atomic E-state index is 12.8. The molecule has 28 heavy (non-hydrogen) atoms. The lowest BCUT2D eigenvalue weighted by molar-refractivity contribution is -0.134. The van der Waals surface area contributed by atoms with Gasteiger partial charge in [0, 0.05) is 16.0 Å². The summed E-state index contributed by atoms with van der Waals surface area (Å²) in [5.41, 5.74) is 0.470. The number of imide groups is 1. The molecule has 3 rings (SSSR count). The molecule has 0 saturated carbocycles. The summed E-state index contributed by atoms with van der Waals surface area (Å²) in [6, 6.07) is 13.9. The van der Waals surface area contributed by atoms with Gasteiger partial charge >= 0.3 is 6.03 Å². The summed E-state index contributed by atoms with van der Waals surface area (Å²) in [5, 5.41) is 6.08. The van der Waals surface area contributed by atoms with E-state index in [0.717, 1.165) is 14.9 Å². The highest BCUT2D eigenvalue weighted by Crippen LogP contribution is 2.30. The summed E-state index contributed by atoms with van der Waals surface area (Å²) in [6.45, 7) is 1.70. The molecule has 0 aromatic heterocycles. The van der Waals surface area contributed by atoms with E-state index in [1.165, 1.54) is 0 Å². The van der Waals surface area contributed by atoms with Gasteiger partial charge in [0.1, 0.15) is 12.1 Å². The zero-order valence-corrected chi connectivity index (χ0v) is 17.5. The van der Waals surface area contributed by atoms with Gasteiger partial charge in [0.05, 0.1) is 0 Å². The van der Waals surface area contributed by atoms with Gasteiger partial charge in [-0.15, -0.1) is 0 Å². The fourth-order valence-corrected chi connectivity index (χ4v) is 3.56. The van der Waals surface area contributed by atoms with Crippen LogP contribution in [0, 0.1) is 0 Å². The highest BCUT2D eigenvalue weighted by atomic mass is 79.9. The molecule has 1 heterocycles. The molecule has 2 aromatic carbocycles. The van der Waals surface area contributed by atoms with Gasteiger partial charge < -0.3 is 10.6 Å². The van der Waals surface area contributed by atoms with Crippen LogP contribution in [0.3, 0.4) is 0 Å². The Morgan fingerprint density at radius 2 is 1.93 bits per heavy atom. The minimum absolute atomic E-state index is 0.325. The number of hydrogen-bond donors (Lipinski definition) is 2. The van der Waals surface area contributed by atoms with Crippen molar-refractivity contribution < 1.29 is 14.4 Å². The average molecular weight is 465 g/mol. The first-order chi connectivity index (χ1) is 13.3. The third kappa shape index (κ3) is 4.36. The Balaban J connectivity index is 1.59. The van der Waals surface area contributed by atoms with E-state index in [-0.39, 0.29) is 6.54 Å². The van der Waals surface area contributed by atoms with Crippen molar-refractivity contribution in [1.29, 1.82) is 0 Å². The highest BCUT2D eigenvalue weighted by Gasteiger charge is 2.49. The normalized spacial score (nSPS) is 18.9. The molecule has 146 valence electrons. The molecule has 0 unspecified atom stereocenters. The van der Waals surface area contributed by atoms with E-state index < -0.39 is 23.4 Å². The molecule has 1 aliphatic rings. The number of carbonyl (C=O) groups excluding carboxylic acids is 3. The first-order valence-electron chi connectivity index (χ1n) is 8.71. The third-order valence-corrected chi connectivity index (χ3v) is 5.37. The minimum atomic E-state index is -1.20. The first-order valence-corrected chi connectivity index (χ1v) is 9.88. The second-order valence-electron chi connectivity index (χ2n) is 6.68. The van der Waals surface area contributed by atoms with Crippen LogP contribution in [0.15, 0.2) is 53.0 Å². The summed E-state index contributed by atoms with van der Waals surface area (Å²) in [7, 11) is 0. The predicted octanol–water partition coefficient (Wildman–Crippen LogP) is 3.23. The van der Waals surface area contributed by atoms with E-state index in [2.05, 4.69) is 26.6 Å². The van der Waals surface area contributed by atoms with Crippen molar-refractivity contribution in [3.05, 3.63) is 69.2 Å². The van der Waals surface area contributed by atoms with E-state index in [1.54, 1.807) is 37.3 Å². The molecule has 1 atom stereocenters. The number of halogens is 2. The lowest BCUT2D eigenvalue weighted by Gasteiger charge is -2.22. The number of hydrogen-bond acceptors (Lipinski definition) is 3. The Bertz CT molecular complexity index is 919. The van der Waals surface area contributed by atoms with Crippen LogP contribution >= 0.6 is 27.5 Å². The standard InChI is InChI=1S/C20H19BrClN3O3/c1-20(14-3-2-4-15(21)11-14)18(27)25(19(28)24-20)12-17(26)23-10-9-13-5-7-16(22)8-6-13/h2-8,11H,9-10,12H2,1H3,(H,23,26)(H,24,28)/t20-/m0/s1. The minimum Gasteiger partial charge on any atom is -0.354 e. The third-order valence-electron chi connectivity index (χ3n) is 4.63. The Hall–Kier alpha value is -2.38. The van der Waals surface area contributed by atoms with Crippen LogP contribution in [0.25, 0.3) is 0 Å². The van der Waals surface area contributed by atoms with E-state index in [9.17, 15) is 14.4 Å². The largest absolute Gasteiger partial charge is 0.354 e. The number of amides is 4. The number of nitrogens with zero attached hydrogens (tertiary/aromatic N) is 1. The fraction of sp³-hybridized carbons (Fsp3) is 0.250. The molecule has 0 bridgehead atoms. The summed E-state index contributed by atoms with van der Waals surface area (Å²) < 4.78 is 0.798. The maximum Gasteiger partial charge on any atom is 0.325 e. The van der Waals surface area contributed by atoms with Gasteiger partial charge in [-0.1, -0.05) is 51.8 Å². The number of carbonyl (C=O) groups is 3. The maximum atomic E-state index is 12.8. The SMILES string of the molecule is C[C@@]1(c2cccc(Br)c2)NC(=O)N(CC(=O)NCCc2ccc(Cl)cc2)C1=O. The zero-order chi connectivity index (χ0) is 20.3. The lowest BCUT2D eigenvalue weighted by Crippen LogP contribution is -2.43. The van der Waals surface area contributed by atoms with Gasteiger partial charge in [-0.3, -0.25) is 14.5 Å². The van der Waals surface area contributed by atoms with Crippen LogP contribution in [0.1, 0.15) is 18.1 Å². The Kier molecular flexibility index (Phi) is 6.05. The first kappa shape index (κ1) is 20.4.